The quantitative estimate of drug-likeness (QED) is 0.0424. The number of thioether (sulfide) groups is 1. The monoisotopic (exact) mass is 566 g/mol. The molecular weight excluding hydrogens is 507 g/mol. The second-order valence-electron chi connectivity index (χ2n) is 10.4. The van der Waals surface area contributed by atoms with Crippen molar-refractivity contribution >= 4 is 25.1 Å². The van der Waals surface area contributed by atoms with Gasteiger partial charge in [0, 0.05) is 5.25 Å². The van der Waals surface area contributed by atoms with Gasteiger partial charge in [-0.3, -0.25) is 9.41 Å². The summed E-state index contributed by atoms with van der Waals surface area (Å²) in [6.07, 6.45) is 20.2. The summed E-state index contributed by atoms with van der Waals surface area (Å²) in [6, 6.07) is 0. The van der Waals surface area contributed by atoms with Crippen LogP contribution in [0.25, 0.3) is 0 Å². The molecular formula is C29H59O6PS. The van der Waals surface area contributed by atoms with Crippen LogP contribution in [0.3, 0.4) is 0 Å². The maximum Gasteiger partial charge on any atom is 0.452 e. The molecule has 0 aromatic heterocycles. The van der Waals surface area contributed by atoms with E-state index in [4.69, 9.17) is 18.8 Å². The Hall–Kier alpha value is -0.0700. The van der Waals surface area contributed by atoms with Gasteiger partial charge in [-0.1, -0.05) is 111 Å². The molecule has 0 aromatic carbocycles. The first-order chi connectivity index (χ1) is 17.8. The van der Waals surface area contributed by atoms with Gasteiger partial charge < -0.3 is 4.52 Å². The third-order valence-corrected chi connectivity index (χ3v) is 9.57. The zero-order valence-corrected chi connectivity index (χ0v) is 26.7. The first kappa shape index (κ1) is 36.9. The van der Waals surface area contributed by atoms with Crippen molar-refractivity contribution in [3.05, 3.63) is 0 Å². The highest BCUT2D eigenvalue weighted by molar-refractivity contribution is 7.99. The average molecular weight is 567 g/mol. The molecule has 0 aliphatic carbocycles. The third kappa shape index (κ3) is 20.5. The summed E-state index contributed by atoms with van der Waals surface area (Å²) < 4.78 is 23.5. The molecule has 0 heterocycles. The molecule has 0 aromatic rings. The summed E-state index contributed by atoms with van der Waals surface area (Å²) in [5, 5.41) is 0.218. The van der Waals surface area contributed by atoms with Gasteiger partial charge in [-0.25, -0.2) is 9.36 Å². The van der Waals surface area contributed by atoms with E-state index in [-0.39, 0.29) is 18.0 Å². The lowest BCUT2D eigenvalue weighted by molar-refractivity contribution is -0.262. The Kier molecular flexibility index (Phi) is 24.9. The van der Waals surface area contributed by atoms with E-state index < -0.39 is 19.4 Å². The molecule has 0 aliphatic heterocycles. The Morgan fingerprint density at radius 1 is 0.730 bits per heavy atom. The molecule has 0 amide bonds. The van der Waals surface area contributed by atoms with E-state index >= 15 is 0 Å². The van der Waals surface area contributed by atoms with Gasteiger partial charge in [0.15, 0.2) is 0 Å². The molecule has 0 rings (SSSR count). The summed E-state index contributed by atoms with van der Waals surface area (Å²) in [5.74, 6) is 1.08. The van der Waals surface area contributed by atoms with Gasteiger partial charge in [-0.15, -0.1) is 0 Å². The van der Waals surface area contributed by atoms with Crippen molar-refractivity contribution in [3.63, 3.8) is 0 Å². The Morgan fingerprint density at radius 3 is 1.76 bits per heavy atom. The highest BCUT2D eigenvalue weighted by Gasteiger charge is 2.40. The largest absolute Gasteiger partial charge is 0.452 e. The molecule has 37 heavy (non-hydrogen) atoms. The van der Waals surface area contributed by atoms with Crippen molar-refractivity contribution < 1.29 is 28.2 Å². The molecule has 0 bridgehead atoms. The second-order valence-corrected chi connectivity index (χ2v) is 13.6. The predicted octanol–water partition coefficient (Wildman–Crippen LogP) is 10.9. The van der Waals surface area contributed by atoms with Gasteiger partial charge in [-0.2, -0.15) is 16.6 Å². The molecule has 0 fully saturated rings. The minimum Gasteiger partial charge on any atom is -0.301 e. The molecule has 3 atom stereocenters. The smallest absolute Gasteiger partial charge is 0.301 e. The number of unbranched alkanes of at least 4 members (excludes halogenated alkanes) is 13. The predicted molar refractivity (Wildman–Crippen MR) is 159 cm³/mol. The van der Waals surface area contributed by atoms with Crippen LogP contribution in [0.4, 0.5) is 4.79 Å². The van der Waals surface area contributed by atoms with E-state index in [9.17, 15) is 9.36 Å². The molecule has 0 saturated carbocycles. The number of rotatable bonds is 27. The van der Waals surface area contributed by atoms with Crippen molar-refractivity contribution in [2.75, 3.05) is 12.4 Å². The van der Waals surface area contributed by atoms with E-state index in [1.807, 2.05) is 25.6 Å². The summed E-state index contributed by atoms with van der Waals surface area (Å²) >= 11 is 1.91. The Morgan fingerprint density at radius 2 is 1.24 bits per heavy atom. The molecule has 8 heteroatoms. The SMILES string of the molecule is CCCCCCCCCCCSC(CCCCCCCC)C(C)OOC(=O)P(=O)(OCCC)OC(C)C. The Labute approximate surface area is 233 Å². The number of hydrogen-bond acceptors (Lipinski definition) is 7. The van der Waals surface area contributed by atoms with Gasteiger partial charge >= 0.3 is 13.3 Å². The molecule has 0 saturated heterocycles. The fourth-order valence-electron chi connectivity index (χ4n) is 4.07. The topological polar surface area (TPSA) is 71.1 Å². The van der Waals surface area contributed by atoms with Crippen molar-refractivity contribution in [1.29, 1.82) is 0 Å². The normalized spacial score (nSPS) is 15.0. The van der Waals surface area contributed by atoms with E-state index in [2.05, 4.69) is 13.8 Å². The minimum atomic E-state index is -4.05. The van der Waals surface area contributed by atoms with Gasteiger partial charge in [0.1, 0.15) is 6.10 Å². The highest BCUT2D eigenvalue weighted by Crippen LogP contribution is 2.51. The zero-order chi connectivity index (χ0) is 27.8. The lowest BCUT2D eigenvalue weighted by Crippen LogP contribution is -2.26. The van der Waals surface area contributed by atoms with E-state index in [1.54, 1.807) is 13.8 Å². The zero-order valence-electron chi connectivity index (χ0n) is 25.0. The van der Waals surface area contributed by atoms with Crippen molar-refractivity contribution in [2.45, 2.75) is 168 Å². The average Bonchev–Trinajstić information content (AvgIpc) is 2.87. The molecule has 0 N–H and O–H groups in total. The second kappa shape index (κ2) is 24.9. The van der Waals surface area contributed by atoms with Crippen LogP contribution in [0.1, 0.15) is 151 Å². The number of hydrogen-bond donors (Lipinski definition) is 0. The molecule has 0 radical (unpaired) electrons. The number of carbonyl (C=O) groups excluding carboxylic acids is 1. The minimum absolute atomic E-state index is 0.157. The van der Waals surface area contributed by atoms with Crippen LogP contribution in [0.5, 0.6) is 0 Å². The fourth-order valence-corrected chi connectivity index (χ4v) is 6.75. The molecule has 222 valence electrons. The molecule has 3 unspecified atom stereocenters. The van der Waals surface area contributed by atoms with Crippen LogP contribution in [-0.4, -0.2) is 35.5 Å². The summed E-state index contributed by atoms with van der Waals surface area (Å²) in [7, 11) is -4.05. The van der Waals surface area contributed by atoms with Crippen LogP contribution >= 0.6 is 19.4 Å². The maximum atomic E-state index is 12.9. The standard InChI is InChI=1S/C29H59O6PS/c1-7-10-12-14-16-17-18-20-22-25-37-28(23-21-19-15-13-11-8-2)27(6)33-34-29(30)36(31,32-24-9-3)35-26(4)5/h26-28H,7-25H2,1-6H3. The van der Waals surface area contributed by atoms with Crippen molar-refractivity contribution in [1.82, 2.24) is 0 Å². The molecule has 6 nitrogen and oxygen atoms in total. The summed E-state index contributed by atoms with van der Waals surface area (Å²) in [5.41, 5.74) is -1.07. The van der Waals surface area contributed by atoms with Crippen LogP contribution in [-0.2, 0) is 23.4 Å². The van der Waals surface area contributed by atoms with Crippen LogP contribution in [0.15, 0.2) is 0 Å². The highest BCUT2D eigenvalue weighted by atomic mass is 32.2. The van der Waals surface area contributed by atoms with Gasteiger partial charge in [0.05, 0.1) is 12.7 Å². The maximum absolute atomic E-state index is 12.9. The van der Waals surface area contributed by atoms with Crippen LogP contribution in [0, 0.1) is 0 Å². The molecule has 0 spiro atoms. The van der Waals surface area contributed by atoms with E-state index in [1.165, 1.54) is 89.9 Å². The summed E-state index contributed by atoms with van der Waals surface area (Å²) in [6.45, 7) is 11.9. The first-order valence-electron chi connectivity index (χ1n) is 15.2. The van der Waals surface area contributed by atoms with Crippen LogP contribution in [0.2, 0.25) is 0 Å². The third-order valence-electron chi connectivity index (χ3n) is 6.26. The Bertz CT molecular complexity index is 575. The summed E-state index contributed by atoms with van der Waals surface area (Å²) in [4.78, 5) is 23.1. The van der Waals surface area contributed by atoms with Crippen molar-refractivity contribution in [2.24, 2.45) is 0 Å². The lowest BCUT2D eigenvalue weighted by atomic mass is 10.1. The van der Waals surface area contributed by atoms with E-state index in [0.29, 0.717) is 6.42 Å². The van der Waals surface area contributed by atoms with Gasteiger partial charge in [0.25, 0.3) is 0 Å². The van der Waals surface area contributed by atoms with Crippen LogP contribution < -0.4 is 0 Å². The van der Waals surface area contributed by atoms with E-state index in [0.717, 1.165) is 18.6 Å². The van der Waals surface area contributed by atoms with Crippen molar-refractivity contribution in [3.8, 4) is 0 Å². The Balaban J connectivity index is 4.64. The number of carbonyl (C=O) groups is 1. The lowest BCUT2D eigenvalue weighted by Gasteiger charge is -2.24. The van der Waals surface area contributed by atoms with Gasteiger partial charge in [-0.05, 0) is 45.8 Å². The fraction of sp³-hybridized carbons (Fsp3) is 0.966. The first-order valence-corrected chi connectivity index (χ1v) is 17.8. The molecule has 0 aliphatic rings. The van der Waals surface area contributed by atoms with Gasteiger partial charge in [0.2, 0.25) is 0 Å².